The van der Waals surface area contributed by atoms with E-state index in [1.54, 1.807) is 0 Å². The van der Waals surface area contributed by atoms with Gasteiger partial charge in [0.25, 0.3) is 0 Å². The van der Waals surface area contributed by atoms with Crippen molar-refractivity contribution < 1.29 is 37.5 Å². The van der Waals surface area contributed by atoms with Gasteiger partial charge in [0, 0.05) is 28.4 Å². The van der Waals surface area contributed by atoms with Gasteiger partial charge in [-0.15, -0.1) is 0 Å². The molecule has 40 heavy (non-hydrogen) atoms. The zero-order valence-electron chi connectivity index (χ0n) is 22.7. The Labute approximate surface area is 271 Å². The van der Waals surface area contributed by atoms with Crippen LogP contribution in [-0.4, -0.2) is 0 Å². The molecule has 6 rings (SSSR count). The minimum atomic E-state index is -0.409. The maximum Gasteiger partial charge on any atom is 2.00 e. The van der Waals surface area contributed by atoms with Crippen molar-refractivity contribution in [1.29, 1.82) is 0 Å². The first kappa shape index (κ1) is 36.9. The molecule has 0 aliphatic heterocycles. The van der Waals surface area contributed by atoms with Gasteiger partial charge in [-0.2, -0.15) is 0 Å². The molecular weight excluding hydrogens is 657 g/mol. The molecule has 0 aromatic heterocycles. The Hall–Kier alpha value is -1.08. The topological polar surface area (TPSA) is 0 Å². The molecule has 0 nitrogen and oxygen atoms in total. The van der Waals surface area contributed by atoms with Crippen LogP contribution in [0.25, 0.3) is 0 Å². The van der Waals surface area contributed by atoms with E-state index in [2.05, 4.69) is 173 Å². The Morgan fingerprint density at radius 2 is 0.525 bits per heavy atom. The predicted octanol–water partition coefficient (Wildman–Crippen LogP) is 7.86. The molecule has 2 saturated carbocycles. The van der Waals surface area contributed by atoms with Crippen LogP contribution in [0.5, 0.6) is 0 Å². The molecule has 0 amide bonds. The van der Waals surface area contributed by atoms with Crippen molar-refractivity contribution in [3.05, 3.63) is 199 Å². The Morgan fingerprint density at radius 3 is 0.725 bits per heavy atom. The van der Waals surface area contributed by atoms with Gasteiger partial charge in [0.05, 0.1) is 0 Å². The van der Waals surface area contributed by atoms with Gasteiger partial charge >= 0.3 is 20.4 Å². The second kappa shape index (κ2) is 19.9. The average Bonchev–Trinajstić information content (AvgIpc) is 3.68. The van der Waals surface area contributed by atoms with E-state index in [9.17, 15) is 0 Å². The summed E-state index contributed by atoms with van der Waals surface area (Å²) >= 11 is 0. The molecular formula is C36H34FeP2Pd. The Morgan fingerprint density at radius 1 is 0.325 bits per heavy atom. The van der Waals surface area contributed by atoms with Crippen LogP contribution < -0.4 is 21.2 Å². The van der Waals surface area contributed by atoms with Crippen molar-refractivity contribution in [2.75, 3.05) is 0 Å². The smallest absolute Gasteiger partial charge is 0.358 e. The van der Waals surface area contributed by atoms with E-state index in [1.165, 1.54) is 32.5 Å². The van der Waals surface area contributed by atoms with Crippen LogP contribution >= 0.6 is 15.8 Å². The van der Waals surface area contributed by atoms with Crippen LogP contribution in [0.15, 0.2) is 121 Å². The van der Waals surface area contributed by atoms with Gasteiger partial charge in [-0.05, 0) is 88.4 Å². The van der Waals surface area contributed by atoms with Gasteiger partial charge < -0.3 is 14.9 Å². The molecule has 2 aliphatic rings. The third-order valence-corrected chi connectivity index (χ3v) is 10.8. The zero-order valence-corrected chi connectivity index (χ0v) is 27.2. The summed E-state index contributed by atoms with van der Waals surface area (Å²) in [5.74, 6) is 0. The van der Waals surface area contributed by atoms with Crippen LogP contribution in [0.3, 0.4) is 0 Å². The molecule has 0 spiro atoms. The quantitative estimate of drug-likeness (QED) is 0.110. The fourth-order valence-electron chi connectivity index (χ4n) is 4.23. The molecule has 2 fully saturated rings. The molecule has 0 bridgehead atoms. The fraction of sp³-hybridized carbons (Fsp3) is 0. The van der Waals surface area contributed by atoms with Crippen LogP contribution in [0.1, 0.15) is 0 Å². The van der Waals surface area contributed by atoms with E-state index in [-0.39, 0.29) is 52.3 Å². The summed E-state index contributed by atoms with van der Waals surface area (Å²) in [6.45, 7) is 0. The number of hydrogen-bond acceptors (Lipinski definition) is 0. The number of benzene rings is 4. The summed E-state index contributed by atoms with van der Waals surface area (Å²) in [7, 11) is -0.818. The molecule has 0 N–H and O–H groups in total. The minimum absolute atomic E-state index is 0. The first-order valence-corrected chi connectivity index (χ1v) is 14.8. The molecule has 2 aliphatic carbocycles. The van der Waals surface area contributed by atoms with Crippen molar-refractivity contribution in [2.45, 2.75) is 0 Å². The minimum Gasteiger partial charge on any atom is -0.358 e. The Kier molecular flexibility index (Phi) is 18.4. The van der Waals surface area contributed by atoms with Crippen LogP contribution in [-0.2, 0) is 37.5 Å². The van der Waals surface area contributed by atoms with Crippen LogP contribution in [0.2, 0.25) is 0 Å². The van der Waals surface area contributed by atoms with Crippen molar-refractivity contribution in [1.82, 2.24) is 0 Å². The van der Waals surface area contributed by atoms with Crippen molar-refractivity contribution in [3.63, 3.8) is 0 Å². The number of hydrogen-bond donors (Lipinski definition) is 0. The molecule has 4 heteroatoms. The molecule has 4 aromatic rings. The number of rotatable bonds is 6. The average molecular weight is 691 g/mol. The molecule has 206 valence electrons. The van der Waals surface area contributed by atoms with E-state index in [4.69, 9.17) is 0 Å². The van der Waals surface area contributed by atoms with E-state index in [0.29, 0.717) is 0 Å². The first-order chi connectivity index (χ1) is 17.9. The third kappa shape index (κ3) is 10.0. The van der Waals surface area contributed by atoms with Gasteiger partial charge in [0.2, 0.25) is 0 Å². The first-order valence-electron chi connectivity index (χ1n) is 12.1. The predicted molar refractivity (Wildman–Crippen MR) is 172 cm³/mol. The third-order valence-electron chi connectivity index (χ3n) is 5.86. The van der Waals surface area contributed by atoms with Crippen molar-refractivity contribution >= 4 is 37.1 Å². The van der Waals surface area contributed by atoms with E-state index in [0.717, 1.165) is 0 Å². The molecule has 0 saturated heterocycles. The van der Waals surface area contributed by atoms with Gasteiger partial charge in [0.15, 0.2) is 0 Å². The summed E-state index contributed by atoms with van der Waals surface area (Å²) in [6.07, 6.45) is 17.4. The zero-order chi connectivity index (χ0) is 24.4. The van der Waals surface area contributed by atoms with Gasteiger partial charge in [-0.3, -0.25) is 0 Å². The van der Waals surface area contributed by atoms with E-state index < -0.39 is 15.8 Å². The fourth-order valence-corrected chi connectivity index (χ4v) is 8.84. The molecule has 4 aromatic carbocycles. The Balaban J connectivity index is 0.000000364. The SMILES string of the molecule is [CH3-].[CH3-].[CH]1[CH][CH][C](P(c2ccccc2)c2ccccc2)[CH]1.[CH]1[CH][CH][C](P(c2ccccc2)c2ccccc2)[CH]1.[Fe].[Pd+2]. The molecule has 10 radical (unpaired) electrons. The summed E-state index contributed by atoms with van der Waals surface area (Å²) in [4.78, 5) is 0. The maximum absolute atomic E-state index is 2.23. The van der Waals surface area contributed by atoms with E-state index in [1.807, 2.05) is 0 Å². The summed E-state index contributed by atoms with van der Waals surface area (Å²) in [5, 5.41) is 5.63. The normalized spacial score (nSPS) is 14.7. The van der Waals surface area contributed by atoms with Crippen LogP contribution in [0, 0.1) is 77.5 Å². The standard InChI is InChI=1S/2C17H14P.2CH3.Fe.Pd/c2*1-3-9-15(10-4-1)18(17-13-7-8-14-17)16-11-5-2-6-12-16;;;;/h2*1-14H;2*1H3;;/q;;2*-1;;+2. The van der Waals surface area contributed by atoms with Gasteiger partial charge in [-0.1, -0.05) is 121 Å². The summed E-state index contributed by atoms with van der Waals surface area (Å²) < 4.78 is 0. The molecule has 0 unspecified atom stereocenters. The molecule has 0 atom stereocenters. The molecule has 0 heterocycles. The van der Waals surface area contributed by atoms with Gasteiger partial charge in [-0.25, -0.2) is 0 Å². The maximum atomic E-state index is 2.23. The van der Waals surface area contributed by atoms with Crippen LogP contribution in [0.4, 0.5) is 0 Å². The largest absolute Gasteiger partial charge is 2.00 e. The summed E-state index contributed by atoms with van der Waals surface area (Å²) in [5.41, 5.74) is 2.84. The monoisotopic (exact) mass is 690 g/mol. The second-order valence-electron chi connectivity index (χ2n) is 8.30. The Bertz CT molecular complexity index is 973. The van der Waals surface area contributed by atoms with Crippen molar-refractivity contribution in [2.24, 2.45) is 0 Å². The van der Waals surface area contributed by atoms with E-state index >= 15 is 0 Å². The van der Waals surface area contributed by atoms with Gasteiger partial charge in [0.1, 0.15) is 0 Å². The van der Waals surface area contributed by atoms with Crippen molar-refractivity contribution in [3.8, 4) is 0 Å². The summed E-state index contributed by atoms with van der Waals surface area (Å²) in [6, 6.07) is 43.1. The second-order valence-corrected chi connectivity index (χ2v) is 12.7.